The smallest absolute Gasteiger partial charge is 0.106 e. The Morgan fingerprint density at radius 2 is 1.53 bits per heavy atom. The molecular formula is C30H48O2. The van der Waals surface area contributed by atoms with Crippen molar-refractivity contribution in [1.29, 1.82) is 0 Å². The average molecular weight is 441 g/mol. The van der Waals surface area contributed by atoms with Gasteiger partial charge in [0.2, 0.25) is 0 Å². The van der Waals surface area contributed by atoms with Gasteiger partial charge in [0.1, 0.15) is 6.10 Å². The van der Waals surface area contributed by atoms with Crippen LogP contribution in [0.5, 0.6) is 0 Å². The van der Waals surface area contributed by atoms with Crippen LogP contribution in [0.3, 0.4) is 0 Å². The number of rotatable bonds is 0. The molecule has 0 aromatic carbocycles. The molecule has 0 amide bonds. The van der Waals surface area contributed by atoms with Crippen molar-refractivity contribution >= 4 is 0 Å². The summed E-state index contributed by atoms with van der Waals surface area (Å²) in [6.45, 7) is 22.4. The van der Waals surface area contributed by atoms with E-state index in [0.29, 0.717) is 45.7 Å². The fourth-order valence-corrected chi connectivity index (χ4v) is 11.8. The van der Waals surface area contributed by atoms with Crippen molar-refractivity contribution in [3.63, 3.8) is 0 Å². The van der Waals surface area contributed by atoms with Gasteiger partial charge in [-0.3, -0.25) is 0 Å². The SMILES string of the molecule is C=C1[C@@H](C)[C@@H]2[C@H]3CC[C@@H]4[C@@]5(C)CC[C@H](O)C(C)(C)[C@@H]5CC[C@@]4(C)[C@]3(C)CC[C@@]2(C)[C@H]2O[C@@H]12. The van der Waals surface area contributed by atoms with Crippen LogP contribution in [0.2, 0.25) is 0 Å². The maximum absolute atomic E-state index is 10.9. The van der Waals surface area contributed by atoms with Gasteiger partial charge < -0.3 is 9.84 Å². The second kappa shape index (κ2) is 6.26. The van der Waals surface area contributed by atoms with Crippen LogP contribution in [-0.2, 0) is 4.74 Å². The van der Waals surface area contributed by atoms with E-state index in [2.05, 4.69) is 55.0 Å². The molecule has 32 heavy (non-hydrogen) atoms. The highest BCUT2D eigenvalue weighted by Gasteiger charge is 2.73. The summed E-state index contributed by atoms with van der Waals surface area (Å²) >= 11 is 0. The Labute approximate surface area is 197 Å². The Bertz CT molecular complexity index is 846. The summed E-state index contributed by atoms with van der Waals surface area (Å²) in [5.41, 5.74) is 2.97. The molecule has 180 valence electrons. The normalized spacial score (nSPS) is 62.7. The molecule has 1 heterocycles. The maximum Gasteiger partial charge on any atom is 0.106 e. The van der Waals surface area contributed by atoms with E-state index in [9.17, 15) is 5.11 Å². The zero-order valence-corrected chi connectivity index (χ0v) is 21.8. The van der Waals surface area contributed by atoms with Gasteiger partial charge >= 0.3 is 0 Å². The molecule has 6 aliphatic rings. The van der Waals surface area contributed by atoms with Crippen LogP contribution in [0, 0.1) is 56.7 Å². The topological polar surface area (TPSA) is 32.8 Å². The molecule has 2 nitrogen and oxygen atoms in total. The number of fused-ring (bicyclic) bond motifs is 9. The van der Waals surface area contributed by atoms with Crippen LogP contribution in [0.4, 0.5) is 0 Å². The number of hydrogen-bond donors (Lipinski definition) is 1. The van der Waals surface area contributed by atoms with Crippen LogP contribution < -0.4 is 0 Å². The van der Waals surface area contributed by atoms with Crippen molar-refractivity contribution in [1.82, 2.24) is 0 Å². The minimum Gasteiger partial charge on any atom is -0.393 e. The van der Waals surface area contributed by atoms with Gasteiger partial charge in [-0.2, -0.15) is 0 Å². The van der Waals surface area contributed by atoms with Crippen LogP contribution >= 0.6 is 0 Å². The minimum absolute atomic E-state index is 0.0468. The van der Waals surface area contributed by atoms with Crippen molar-refractivity contribution in [2.75, 3.05) is 0 Å². The summed E-state index contributed by atoms with van der Waals surface area (Å²) in [5.74, 6) is 3.55. The summed E-state index contributed by atoms with van der Waals surface area (Å²) in [6.07, 6.45) is 11.0. The van der Waals surface area contributed by atoms with E-state index < -0.39 is 0 Å². The molecule has 0 unspecified atom stereocenters. The van der Waals surface area contributed by atoms with Crippen molar-refractivity contribution in [2.45, 2.75) is 118 Å². The number of hydrogen-bond acceptors (Lipinski definition) is 2. The van der Waals surface area contributed by atoms with Crippen molar-refractivity contribution in [3.8, 4) is 0 Å². The van der Waals surface area contributed by atoms with E-state index in [1.807, 2.05) is 0 Å². The van der Waals surface area contributed by atoms with Gasteiger partial charge in [-0.15, -0.1) is 0 Å². The van der Waals surface area contributed by atoms with E-state index in [1.54, 1.807) is 0 Å². The zero-order chi connectivity index (χ0) is 23.1. The summed E-state index contributed by atoms with van der Waals surface area (Å²) in [7, 11) is 0. The maximum atomic E-state index is 10.9. The second-order valence-corrected chi connectivity index (χ2v) is 14.9. The lowest BCUT2D eigenvalue weighted by molar-refractivity contribution is -0.251. The molecule has 0 spiro atoms. The van der Waals surface area contributed by atoms with E-state index in [4.69, 9.17) is 4.74 Å². The molecular weight excluding hydrogens is 392 g/mol. The van der Waals surface area contributed by atoms with Gasteiger partial charge in [0.25, 0.3) is 0 Å². The van der Waals surface area contributed by atoms with Crippen LogP contribution in [-0.4, -0.2) is 23.4 Å². The fourth-order valence-electron chi connectivity index (χ4n) is 11.8. The molecule has 5 aliphatic carbocycles. The van der Waals surface area contributed by atoms with Gasteiger partial charge in [0, 0.05) is 5.41 Å². The number of aliphatic hydroxyl groups is 1. The van der Waals surface area contributed by atoms with Crippen LogP contribution in [0.15, 0.2) is 12.2 Å². The van der Waals surface area contributed by atoms with E-state index in [1.165, 1.54) is 50.5 Å². The van der Waals surface area contributed by atoms with Crippen LogP contribution in [0.1, 0.15) is 99.8 Å². The van der Waals surface area contributed by atoms with Gasteiger partial charge in [-0.05, 0) is 108 Å². The van der Waals surface area contributed by atoms with E-state index >= 15 is 0 Å². The van der Waals surface area contributed by atoms with Crippen molar-refractivity contribution in [2.24, 2.45) is 56.7 Å². The number of ether oxygens (including phenoxy) is 1. The van der Waals surface area contributed by atoms with Gasteiger partial charge in [-0.25, -0.2) is 0 Å². The molecule has 1 N–H and O–H groups in total. The number of aliphatic hydroxyl groups excluding tert-OH is 1. The monoisotopic (exact) mass is 440 g/mol. The van der Waals surface area contributed by atoms with Gasteiger partial charge in [0.15, 0.2) is 0 Å². The van der Waals surface area contributed by atoms with Crippen molar-refractivity contribution < 1.29 is 9.84 Å². The second-order valence-electron chi connectivity index (χ2n) is 14.9. The third-order valence-corrected chi connectivity index (χ3v) is 13.9. The van der Waals surface area contributed by atoms with Gasteiger partial charge in [-0.1, -0.05) is 55.0 Å². The Balaban J connectivity index is 1.40. The molecule has 12 atom stereocenters. The molecule has 0 aromatic rings. The summed E-state index contributed by atoms with van der Waals surface area (Å²) in [4.78, 5) is 0. The zero-order valence-electron chi connectivity index (χ0n) is 21.8. The Morgan fingerprint density at radius 3 is 2.25 bits per heavy atom. The molecule has 1 aliphatic heterocycles. The minimum atomic E-state index is -0.132. The first-order valence-electron chi connectivity index (χ1n) is 13.8. The molecule has 5 saturated carbocycles. The highest BCUT2D eigenvalue weighted by Crippen LogP contribution is 2.77. The lowest BCUT2D eigenvalue weighted by Gasteiger charge is -2.73. The highest BCUT2D eigenvalue weighted by molar-refractivity contribution is 5.30. The molecule has 0 bridgehead atoms. The largest absolute Gasteiger partial charge is 0.393 e. The fraction of sp³-hybridized carbons (Fsp3) is 0.933. The summed E-state index contributed by atoms with van der Waals surface area (Å²) in [5, 5.41) is 10.9. The molecule has 1 saturated heterocycles. The quantitative estimate of drug-likeness (QED) is 0.324. The molecule has 2 heteroatoms. The first-order chi connectivity index (χ1) is 14.8. The first-order valence-corrected chi connectivity index (χ1v) is 13.8. The van der Waals surface area contributed by atoms with Gasteiger partial charge in [0.05, 0.1) is 12.2 Å². The van der Waals surface area contributed by atoms with Crippen LogP contribution in [0.25, 0.3) is 0 Å². The Kier molecular flexibility index (Phi) is 4.33. The third-order valence-electron chi connectivity index (χ3n) is 13.9. The summed E-state index contributed by atoms with van der Waals surface area (Å²) in [6, 6.07) is 0. The molecule has 0 aromatic heterocycles. The van der Waals surface area contributed by atoms with E-state index in [-0.39, 0.29) is 11.5 Å². The molecule has 6 rings (SSSR count). The highest BCUT2D eigenvalue weighted by atomic mass is 16.6. The first kappa shape index (κ1) is 22.1. The van der Waals surface area contributed by atoms with E-state index in [0.717, 1.165) is 24.2 Å². The standard InChI is InChI=1S/C30H48O2/c1-17-18(2)24-25(32-24)28(6)15-16-29(7)19(23(17)28)9-10-21-27(5)13-12-22(31)26(3,4)20(27)11-14-30(21,29)8/h17,19-25,31H,2,9-16H2,1,3-8H3/t17-,19-,20+,21-,22+,23-,24+,25+,27+,28-,29-,30-/m1/s1. The Morgan fingerprint density at radius 1 is 0.812 bits per heavy atom. The third kappa shape index (κ3) is 2.31. The predicted molar refractivity (Wildman–Crippen MR) is 130 cm³/mol. The predicted octanol–water partition coefficient (Wildman–Crippen LogP) is 7.01. The number of epoxide rings is 1. The lowest BCUT2D eigenvalue weighted by Crippen LogP contribution is -2.67. The average Bonchev–Trinajstić information content (AvgIpc) is 3.53. The Hall–Kier alpha value is -0.340. The molecule has 0 radical (unpaired) electrons. The van der Waals surface area contributed by atoms with Crippen molar-refractivity contribution in [3.05, 3.63) is 12.2 Å². The summed E-state index contributed by atoms with van der Waals surface area (Å²) < 4.78 is 6.27. The molecule has 6 fully saturated rings. The lowest BCUT2D eigenvalue weighted by atomic mass is 9.31.